The van der Waals surface area contributed by atoms with Crippen LogP contribution in [0, 0.1) is 0 Å². The second kappa shape index (κ2) is 8.05. The fraction of sp³-hybridized carbons (Fsp3) is 1.00. The molecular weight excluding hydrogens is 193 g/mol. The van der Waals surface area contributed by atoms with Crippen molar-refractivity contribution in [2.45, 2.75) is 57.7 Å². The zero-order chi connectivity index (χ0) is 10.9. The summed E-state index contributed by atoms with van der Waals surface area (Å²) in [5, 5.41) is 3.22. The van der Waals surface area contributed by atoms with E-state index in [9.17, 15) is 4.39 Å². The molecule has 0 aromatic heterocycles. The van der Waals surface area contributed by atoms with Crippen LogP contribution >= 0.6 is 0 Å². The molecule has 0 radical (unpaired) electrons. The van der Waals surface area contributed by atoms with Crippen LogP contribution in [-0.4, -0.2) is 32.0 Å². The van der Waals surface area contributed by atoms with Crippen molar-refractivity contribution in [2.75, 3.05) is 19.8 Å². The molecular formula is C12H24FNO. The van der Waals surface area contributed by atoms with Crippen LogP contribution in [0.15, 0.2) is 0 Å². The maximum Gasteiger partial charge on any atom is 0.141 e. The van der Waals surface area contributed by atoms with E-state index in [1.165, 1.54) is 32.1 Å². The minimum absolute atomic E-state index is 0.0550. The third kappa shape index (κ3) is 5.47. The molecule has 0 amide bonds. The average Bonchev–Trinajstić information content (AvgIpc) is 2.63. The number of hydrogen-bond donors (Lipinski definition) is 1. The van der Waals surface area contributed by atoms with Gasteiger partial charge < -0.3 is 10.1 Å². The van der Waals surface area contributed by atoms with Crippen LogP contribution in [0.5, 0.6) is 0 Å². The Hall–Kier alpha value is -0.150. The van der Waals surface area contributed by atoms with Gasteiger partial charge in [-0.25, -0.2) is 4.39 Å². The quantitative estimate of drug-likeness (QED) is 0.631. The number of hydrogen-bond acceptors (Lipinski definition) is 2. The number of halogens is 1. The van der Waals surface area contributed by atoms with Gasteiger partial charge in [-0.05, 0) is 13.0 Å². The van der Waals surface area contributed by atoms with Crippen molar-refractivity contribution in [1.29, 1.82) is 0 Å². The van der Waals surface area contributed by atoms with Crippen molar-refractivity contribution in [2.24, 2.45) is 0 Å². The molecule has 1 aliphatic rings. The fourth-order valence-corrected chi connectivity index (χ4v) is 1.91. The highest BCUT2D eigenvalue weighted by atomic mass is 19.1. The summed E-state index contributed by atoms with van der Waals surface area (Å²) in [4.78, 5) is 0. The van der Waals surface area contributed by atoms with E-state index < -0.39 is 6.17 Å². The molecule has 2 nitrogen and oxygen atoms in total. The predicted octanol–water partition coefficient (Wildman–Crippen LogP) is 2.67. The Balaban J connectivity index is 1.84. The first-order chi connectivity index (χ1) is 7.34. The SMILES string of the molecule is CCCCCCCCN[C@@H]1COC[C@H]1F. The molecule has 1 aliphatic heterocycles. The fourth-order valence-electron chi connectivity index (χ4n) is 1.91. The lowest BCUT2D eigenvalue weighted by Crippen LogP contribution is -2.37. The number of alkyl halides is 1. The zero-order valence-corrected chi connectivity index (χ0v) is 9.80. The molecule has 0 aromatic carbocycles. The van der Waals surface area contributed by atoms with Crippen LogP contribution in [0.1, 0.15) is 45.4 Å². The summed E-state index contributed by atoms with van der Waals surface area (Å²) >= 11 is 0. The molecule has 0 bridgehead atoms. The van der Waals surface area contributed by atoms with Gasteiger partial charge in [-0.15, -0.1) is 0 Å². The monoisotopic (exact) mass is 217 g/mol. The van der Waals surface area contributed by atoms with Crippen molar-refractivity contribution in [3.05, 3.63) is 0 Å². The Morgan fingerprint density at radius 3 is 2.53 bits per heavy atom. The normalized spacial score (nSPS) is 26.0. The molecule has 1 fully saturated rings. The van der Waals surface area contributed by atoms with Crippen molar-refractivity contribution in [3.63, 3.8) is 0 Å². The minimum atomic E-state index is -0.801. The summed E-state index contributed by atoms with van der Waals surface area (Å²) in [6, 6.07) is -0.0550. The first-order valence-electron chi connectivity index (χ1n) is 6.29. The molecule has 0 spiro atoms. The smallest absolute Gasteiger partial charge is 0.141 e. The first-order valence-corrected chi connectivity index (χ1v) is 6.29. The van der Waals surface area contributed by atoms with E-state index in [1.807, 2.05) is 0 Å². The third-order valence-electron chi connectivity index (χ3n) is 2.95. The van der Waals surface area contributed by atoms with E-state index in [-0.39, 0.29) is 12.6 Å². The molecule has 0 aromatic rings. The minimum Gasteiger partial charge on any atom is -0.377 e. The standard InChI is InChI=1S/C12H24FNO/c1-2-3-4-5-6-7-8-14-12-10-15-9-11(12)13/h11-12,14H,2-10H2,1H3/t11-,12-/m1/s1. The van der Waals surface area contributed by atoms with E-state index in [4.69, 9.17) is 4.74 Å². The second-order valence-electron chi connectivity index (χ2n) is 4.38. The Bertz CT molecular complexity index is 155. The van der Waals surface area contributed by atoms with Crippen LogP contribution in [0.25, 0.3) is 0 Å². The Morgan fingerprint density at radius 2 is 1.87 bits per heavy atom. The van der Waals surface area contributed by atoms with Gasteiger partial charge in [0.2, 0.25) is 0 Å². The van der Waals surface area contributed by atoms with Gasteiger partial charge in [-0.1, -0.05) is 39.0 Å². The number of rotatable bonds is 8. The van der Waals surface area contributed by atoms with Gasteiger partial charge in [0, 0.05) is 0 Å². The lowest BCUT2D eigenvalue weighted by molar-refractivity contribution is 0.172. The molecule has 0 aliphatic carbocycles. The highest BCUT2D eigenvalue weighted by Crippen LogP contribution is 2.09. The molecule has 90 valence electrons. The lowest BCUT2D eigenvalue weighted by atomic mass is 10.1. The van der Waals surface area contributed by atoms with E-state index >= 15 is 0 Å². The van der Waals surface area contributed by atoms with Crippen molar-refractivity contribution >= 4 is 0 Å². The predicted molar refractivity (Wildman–Crippen MR) is 60.9 cm³/mol. The number of unbranched alkanes of at least 4 members (excludes halogenated alkanes) is 5. The van der Waals surface area contributed by atoms with Gasteiger partial charge in [-0.2, -0.15) is 0 Å². The summed E-state index contributed by atoms with van der Waals surface area (Å²) < 4.78 is 18.1. The lowest BCUT2D eigenvalue weighted by Gasteiger charge is -2.12. The Labute approximate surface area is 92.6 Å². The maximum absolute atomic E-state index is 13.1. The molecule has 1 N–H and O–H groups in total. The van der Waals surface area contributed by atoms with Crippen LogP contribution in [-0.2, 0) is 4.74 Å². The first kappa shape index (κ1) is 12.9. The molecule has 1 saturated heterocycles. The highest BCUT2D eigenvalue weighted by Gasteiger charge is 2.26. The highest BCUT2D eigenvalue weighted by molar-refractivity contribution is 4.80. The van der Waals surface area contributed by atoms with Crippen molar-refractivity contribution in [3.8, 4) is 0 Å². The zero-order valence-electron chi connectivity index (χ0n) is 9.80. The molecule has 3 heteroatoms. The largest absolute Gasteiger partial charge is 0.377 e. The van der Waals surface area contributed by atoms with Crippen LogP contribution in [0.2, 0.25) is 0 Å². The van der Waals surface area contributed by atoms with Gasteiger partial charge in [0.25, 0.3) is 0 Å². The number of nitrogens with one attached hydrogen (secondary N) is 1. The molecule has 15 heavy (non-hydrogen) atoms. The summed E-state index contributed by atoms with van der Waals surface area (Å²) in [7, 11) is 0. The Kier molecular flexibility index (Phi) is 6.94. The van der Waals surface area contributed by atoms with E-state index in [2.05, 4.69) is 12.2 Å². The molecule has 2 atom stereocenters. The van der Waals surface area contributed by atoms with Gasteiger partial charge >= 0.3 is 0 Å². The third-order valence-corrected chi connectivity index (χ3v) is 2.95. The van der Waals surface area contributed by atoms with Gasteiger partial charge in [-0.3, -0.25) is 0 Å². The van der Waals surface area contributed by atoms with Gasteiger partial charge in [0.05, 0.1) is 19.3 Å². The summed E-state index contributed by atoms with van der Waals surface area (Å²) in [6.07, 6.45) is 6.91. The van der Waals surface area contributed by atoms with Gasteiger partial charge in [0.15, 0.2) is 0 Å². The summed E-state index contributed by atoms with van der Waals surface area (Å²) in [5.74, 6) is 0. The summed E-state index contributed by atoms with van der Waals surface area (Å²) in [6.45, 7) is 3.97. The van der Waals surface area contributed by atoms with Crippen molar-refractivity contribution in [1.82, 2.24) is 5.32 Å². The Morgan fingerprint density at radius 1 is 1.13 bits per heavy atom. The van der Waals surface area contributed by atoms with E-state index in [0.717, 1.165) is 13.0 Å². The van der Waals surface area contributed by atoms with Crippen LogP contribution in [0.4, 0.5) is 4.39 Å². The van der Waals surface area contributed by atoms with Crippen LogP contribution < -0.4 is 5.32 Å². The molecule has 1 rings (SSSR count). The van der Waals surface area contributed by atoms with E-state index in [0.29, 0.717) is 6.61 Å². The van der Waals surface area contributed by atoms with Crippen LogP contribution in [0.3, 0.4) is 0 Å². The van der Waals surface area contributed by atoms with E-state index in [1.54, 1.807) is 0 Å². The molecule has 0 saturated carbocycles. The number of ether oxygens (including phenoxy) is 1. The van der Waals surface area contributed by atoms with Crippen molar-refractivity contribution < 1.29 is 9.13 Å². The van der Waals surface area contributed by atoms with Gasteiger partial charge in [0.1, 0.15) is 6.17 Å². The summed E-state index contributed by atoms with van der Waals surface area (Å²) in [5.41, 5.74) is 0. The average molecular weight is 217 g/mol. The topological polar surface area (TPSA) is 21.3 Å². The maximum atomic E-state index is 13.1. The second-order valence-corrected chi connectivity index (χ2v) is 4.38. The molecule has 0 unspecified atom stereocenters. The molecule has 1 heterocycles.